The molecule has 1 saturated heterocycles. The van der Waals surface area contributed by atoms with Crippen molar-refractivity contribution in [2.45, 2.75) is 50.2 Å². The van der Waals surface area contributed by atoms with E-state index in [1.807, 2.05) is 6.92 Å². The van der Waals surface area contributed by atoms with Crippen molar-refractivity contribution in [1.82, 2.24) is 4.31 Å². The Labute approximate surface area is 133 Å². The first-order chi connectivity index (χ1) is 10.5. The minimum absolute atomic E-state index is 0.242. The smallest absolute Gasteiger partial charge is 0.243 e. The highest BCUT2D eigenvalue weighted by molar-refractivity contribution is 7.89. The first kappa shape index (κ1) is 17.4. The third-order valence-electron chi connectivity index (χ3n) is 4.02. The summed E-state index contributed by atoms with van der Waals surface area (Å²) in [5, 5.41) is 10.1. The van der Waals surface area contributed by atoms with Crippen molar-refractivity contribution in [3.63, 3.8) is 0 Å². The van der Waals surface area contributed by atoms with Gasteiger partial charge in [0.1, 0.15) is 0 Å². The van der Waals surface area contributed by atoms with Gasteiger partial charge in [-0.1, -0.05) is 31.0 Å². The zero-order chi connectivity index (χ0) is 16.2. The lowest BCUT2D eigenvalue weighted by atomic mass is 10.2. The van der Waals surface area contributed by atoms with E-state index < -0.39 is 22.2 Å². The molecule has 0 radical (unpaired) electrons. The van der Waals surface area contributed by atoms with Crippen LogP contribution in [-0.2, 0) is 14.8 Å². The van der Waals surface area contributed by atoms with Crippen molar-refractivity contribution in [3.8, 4) is 0 Å². The Morgan fingerprint density at radius 3 is 2.64 bits per heavy atom. The van der Waals surface area contributed by atoms with Crippen molar-refractivity contribution < 1.29 is 18.3 Å². The summed E-state index contributed by atoms with van der Waals surface area (Å²) in [7, 11) is -3.59. The van der Waals surface area contributed by atoms with Gasteiger partial charge < -0.3 is 9.84 Å². The minimum atomic E-state index is -3.59. The van der Waals surface area contributed by atoms with E-state index in [2.05, 4.69) is 6.92 Å². The van der Waals surface area contributed by atoms with Gasteiger partial charge in [0, 0.05) is 13.2 Å². The first-order valence-corrected chi connectivity index (χ1v) is 9.25. The van der Waals surface area contributed by atoms with E-state index >= 15 is 0 Å². The highest BCUT2D eigenvalue weighted by Gasteiger charge is 2.40. The number of nitrogens with zero attached hydrogens (tertiary/aromatic N) is 1. The van der Waals surface area contributed by atoms with Crippen LogP contribution >= 0.6 is 0 Å². The maximum absolute atomic E-state index is 12.7. The number of aliphatic hydroxyl groups is 1. The molecule has 0 bridgehead atoms. The number of aryl methyl sites for hydroxylation is 1. The van der Waals surface area contributed by atoms with Crippen LogP contribution in [0.25, 0.3) is 0 Å². The lowest BCUT2D eigenvalue weighted by molar-refractivity contribution is 0.0494. The zero-order valence-corrected chi connectivity index (χ0v) is 14.1. The van der Waals surface area contributed by atoms with E-state index in [1.165, 1.54) is 4.31 Å². The molecule has 5 nitrogen and oxygen atoms in total. The molecule has 2 rings (SSSR count). The van der Waals surface area contributed by atoms with Crippen molar-refractivity contribution in [3.05, 3.63) is 29.8 Å². The molecule has 1 aliphatic rings. The van der Waals surface area contributed by atoms with E-state index in [4.69, 9.17) is 4.74 Å². The Morgan fingerprint density at radius 1 is 1.32 bits per heavy atom. The maximum Gasteiger partial charge on any atom is 0.243 e. The molecule has 124 valence electrons. The summed E-state index contributed by atoms with van der Waals surface area (Å²) in [4.78, 5) is 0.269. The highest BCUT2D eigenvalue weighted by Crippen LogP contribution is 2.27. The molecule has 0 aliphatic carbocycles. The molecule has 0 saturated carbocycles. The average molecular weight is 327 g/mol. The van der Waals surface area contributed by atoms with Crippen LogP contribution in [0.2, 0.25) is 0 Å². The molecule has 1 aromatic carbocycles. The number of sulfonamides is 1. The Morgan fingerprint density at radius 2 is 2.00 bits per heavy atom. The number of aliphatic hydroxyl groups excluding tert-OH is 1. The van der Waals surface area contributed by atoms with Gasteiger partial charge in [-0.05, 0) is 31.9 Å². The van der Waals surface area contributed by atoms with Crippen LogP contribution in [-0.4, -0.2) is 49.7 Å². The van der Waals surface area contributed by atoms with Gasteiger partial charge in [-0.25, -0.2) is 8.42 Å². The maximum atomic E-state index is 12.7. The second kappa shape index (κ2) is 7.55. The Kier molecular flexibility index (Phi) is 5.97. The molecule has 1 fully saturated rings. The number of benzene rings is 1. The molecule has 2 atom stereocenters. The predicted octanol–water partition coefficient (Wildman–Crippen LogP) is 1.94. The van der Waals surface area contributed by atoms with Crippen molar-refractivity contribution in [1.29, 1.82) is 0 Å². The van der Waals surface area contributed by atoms with Crippen LogP contribution < -0.4 is 0 Å². The molecule has 0 aromatic heterocycles. The largest absolute Gasteiger partial charge is 0.391 e. The Bertz CT molecular complexity index is 570. The Hall–Kier alpha value is -0.950. The third-order valence-corrected chi connectivity index (χ3v) is 5.96. The van der Waals surface area contributed by atoms with Crippen LogP contribution in [0.5, 0.6) is 0 Å². The van der Waals surface area contributed by atoms with Gasteiger partial charge >= 0.3 is 0 Å². The van der Waals surface area contributed by atoms with Gasteiger partial charge in [0.25, 0.3) is 0 Å². The first-order valence-electron chi connectivity index (χ1n) is 7.81. The van der Waals surface area contributed by atoms with Crippen molar-refractivity contribution in [2.75, 3.05) is 19.8 Å². The zero-order valence-electron chi connectivity index (χ0n) is 13.2. The molecule has 1 heterocycles. The van der Waals surface area contributed by atoms with E-state index in [9.17, 15) is 13.5 Å². The van der Waals surface area contributed by atoms with E-state index in [1.54, 1.807) is 24.3 Å². The fraction of sp³-hybridized carbons (Fsp3) is 0.625. The van der Waals surface area contributed by atoms with Crippen molar-refractivity contribution in [2.24, 2.45) is 0 Å². The molecule has 0 spiro atoms. The standard InChI is InChI=1S/C16H25NO4S/c1-3-4-11-21-12-15-16(18)9-10-17(15)22(19,20)14-7-5-13(2)6-8-14/h5-8,15-16,18H,3-4,9-12H2,1-2H3/t15-,16+/m1/s1. The molecular weight excluding hydrogens is 302 g/mol. The number of hydrogen-bond donors (Lipinski definition) is 1. The number of hydrogen-bond acceptors (Lipinski definition) is 4. The Balaban J connectivity index is 2.12. The summed E-state index contributed by atoms with van der Waals surface area (Å²) >= 11 is 0. The van der Waals surface area contributed by atoms with Crippen LogP contribution in [0.3, 0.4) is 0 Å². The monoisotopic (exact) mass is 327 g/mol. The van der Waals surface area contributed by atoms with Gasteiger partial charge in [-0.2, -0.15) is 4.31 Å². The van der Waals surface area contributed by atoms with Crippen LogP contribution in [0.4, 0.5) is 0 Å². The highest BCUT2D eigenvalue weighted by atomic mass is 32.2. The molecule has 6 heteroatoms. The number of rotatable bonds is 7. The van der Waals surface area contributed by atoms with E-state index in [-0.39, 0.29) is 11.5 Å². The van der Waals surface area contributed by atoms with Gasteiger partial charge in [0.15, 0.2) is 0 Å². The lowest BCUT2D eigenvalue weighted by Crippen LogP contribution is -2.42. The van der Waals surface area contributed by atoms with E-state index in [0.29, 0.717) is 19.6 Å². The summed E-state index contributed by atoms with van der Waals surface area (Å²) in [5.41, 5.74) is 1.01. The fourth-order valence-electron chi connectivity index (χ4n) is 2.60. The van der Waals surface area contributed by atoms with Crippen LogP contribution in [0.15, 0.2) is 29.2 Å². The molecule has 22 heavy (non-hydrogen) atoms. The summed E-state index contributed by atoms with van der Waals surface area (Å²) in [6, 6.07) is 6.30. The number of unbranched alkanes of at least 4 members (excludes halogenated alkanes) is 1. The summed E-state index contributed by atoms with van der Waals surface area (Å²) < 4.78 is 32.4. The van der Waals surface area contributed by atoms with Crippen molar-refractivity contribution >= 4 is 10.0 Å². The predicted molar refractivity (Wildman–Crippen MR) is 85.2 cm³/mol. The number of ether oxygens (including phenoxy) is 1. The quantitative estimate of drug-likeness (QED) is 0.777. The molecule has 1 N–H and O–H groups in total. The minimum Gasteiger partial charge on any atom is -0.391 e. The second-order valence-corrected chi connectivity index (χ2v) is 7.67. The third kappa shape index (κ3) is 3.87. The fourth-order valence-corrected chi connectivity index (χ4v) is 4.25. The summed E-state index contributed by atoms with van der Waals surface area (Å²) in [6.45, 7) is 5.16. The summed E-state index contributed by atoms with van der Waals surface area (Å²) in [5.74, 6) is 0. The summed E-state index contributed by atoms with van der Waals surface area (Å²) in [6.07, 6.45) is 1.75. The molecule has 1 aromatic rings. The molecule has 1 aliphatic heterocycles. The van der Waals surface area contributed by atoms with Gasteiger partial charge in [0.2, 0.25) is 10.0 Å². The molecular formula is C16H25NO4S. The van der Waals surface area contributed by atoms with Crippen LogP contribution in [0.1, 0.15) is 31.7 Å². The molecule has 0 amide bonds. The topological polar surface area (TPSA) is 66.8 Å². The van der Waals surface area contributed by atoms with E-state index in [0.717, 1.165) is 18.4 Å². The van der Waals surface area contributed by atoms with Gasteiger partial charge in [0.05, 0.1) is 23.6 Å². The normalized spacial score (nSPS) is 23.0. The van der Waals surface area contributed by atoms with Gasteiger partial charge in [-0.3, -0.25) is 0 Å². The lowest BCUT2D eigenvalue weighted by Gasteiger charge is -2.25. The SMILES string of the molecule is CCCCOC[C@@H]1[C@@H](O)CCN1S(=O)(=O)c1ccc(C)cc1. The van der Waals surface area contributed by atoms with Crippen LogP contribution in [0, 0.1) is 6.92 Å². The average Bonchev–Trinajstić information content (AvgIpc) is 2.86. The van der Waals surface area contributed by atoms with Gasteiger partial charge in [-0.15, -0.1) is 0 Å². The molecule has 0 unspecified atom stereocenters. The second-order valence-electron chi connectivity index (χ2n) is 5.78.